The maximum atomic E-state index is 5.79. The third-order valence-electron chi connectivity index (χ3n) is 3.46. The topological polar surface area (TPSA) is 66.6 Å². The van der Waals surface area contributed by atoms with Crippen molar-refractivity contribution in [3.8, 4) is 5.88 Å². The van der Waals surface area contributed by atoms with E-state index in [-0.39, 0.29) is 0 Å². The van der Waals surface area contributed by atoms with Crippen LogP contribution in [-0.2, 0) is 28.9 Å². The second-order valence-electron chi connectivity index (χ2n) is 4.92. The molecule has 0 spiro atoms. The molecule has 112 valence electrons. The third-order valence-corrected chi connectivity index (χ3v) is 3.46. The predicted octanol–water partition coefficient (Wildman–Crippen LogP) is 1.46. The Kier molecular flexibility index (Phi) is 6.24. The van der Waals surface area contributed by atoms with E-state index in [0.717, 1.165) is 18.4 Å². The highest BCUT2D eigenvalue weighted by Crippen LogP contribution is 2.25. The molecule has 0 saturated carbocycles. The summed E-state index contributed by atoms with van der Waals surface area (Å²) in [5, 5.41) is 0. The molecule has 1 aromatic rings. The van der Waals surface area contributed by atoms with E-state index in [4.69, 9.17) is 19.9 Å². The third kappa shape index (κ3) is 4.16. The van der Waals surface area contributed by atoms with E-state index in [9.17, 15) is 0 Å². The van der Waals surface area contributed by atoms with Crippen molar-refractivity contribution in [3.05, 3.63) is 22.9 Å². The Morgan fingerprint density at radius 1 is 1.15 bits per heavy atom. The van der Waals surface area contributed by atoms with Gasteiger partial charge in [0.05, 0.1) is 19.8 Å². The van der Waals surface area contributed by atoms with Crippen molar-refractivity contribution in [2.45, 2.75) is 32.2 Å². The van der Waals surface area contributed by atoms with Crippen LogP contribution in [0, 0.1) is 0 Å². The van der Waals surface area contributed by atoms with Gasteiger partial charge in [-0.3, -0.25) is 0 Å². The highest BCUT2D eigenvalue weighted by molar-refractivity contribution is 5.35. The van der Waals surface area contributed by atoms with Gasteiger partial charge in [-0.2, -0.15) is 0 Å². The van der Waals surface area contributed by atoms with Gasteiger partial charge in [0.25, 0.3) is 0 Å². The summed E-state index contributed by atoms with van der Waals surface area (Å²) < 4.78 is 16.0. The van der Waals surface area contributed by atoms with Crippen LogP contribution in [0.4, 0.5) is 0 Å². The maximum Gasteiger partial charge on any atom is 0.218 e. The molecule has 1 aliphatic rings. The minimum Gasteiger partial charge on any atom is -0.475 e. The van der Waals surface area contributed by atoms with Crippen molar-refractivity contribution in [3.63, 3.8) is 0 Å². The lowest BCUT2D eigenvalue weighted by atomic mass is 9.95. The van der Waals surface area contributed by atoms with Gasteiger partial charge in [-0.15, -0.1) is 0 Å². The summed E-state index contributed by atoms with van der Waals surface area (Å²) in [5.74, 6) is 0.670. The maximum absolute atomic E-state index is 5.79. The second-order valence-corrected chi connectivity index (χ2v) is 4.92. The first kappa shape index (κ1) is 15.2. The van der Waals surface area contributed by atoms with E-state index in [1.165, 1.54) is 24.1 Å². The van der Waals surface area contributed by atoms with Gasteiger partial charge in [0.1, 0.15) is 6.61 Å². The van der Waals surface area contributed by atoms with E-state index < -0.39 is 0 Å². The molecule has 5 nitrogen and oxygen atoms in total. The van der Waals surface area contributed by atoms with E-state index in [2.05, 4.69) is 11.1 Å². The average Bonchev–Trinajstić information content (AvgIpc) is 2.50. The molecular weight excluding hydrogens is 256 g/mol. The largest absolute Gasteiger partial charge is 0.475 e. The molecule has 1 aromatic heterocycles. The molecule has 20 heavy (non-hydrogen) atoms. The number of aryl methyl sites for hydroxylation is 2. The molecule has 0 radical (unpaired) electrons. The number of nitrogens with two attached hydrogens (primary N) is 1. The van der Waals surface area contributed by atoms with Gasteiger partial charge in [0, 0.05) is 24.9 Å². The molecule has 0 aliphatic heterocycles. The quantitative estimate of drug-likeness (QED) is 0.730. The molecule has 2 rings (SSSR count). The van der Waals surface area contributed by atoms with Crippen LogP contribution in [0.3, 0.4) is 0 Å². The van der Waals surface area contributed by atoms with Gasteiger partial charge in [-0.25, -0.2) is 4.98 Å². The Balaban J connectivity index is 1.89. The van der Waals surface area contributed by atoms with Gasteiger partial charge in [-0.1, -0.05) is 0 Å². The van der Waals surface area contributed by atoms with Crippen LogP contribution in [0.15, 0.2) is 6.07 Å². The highest BCUT2D eigenvalue weighted by Gasteiger charge is 2.15. The van der Waals surface area contributed by atoms with Gasteiger partial charge in [0.2, 0.25) is 5.88 Å². The molecule has 0 saturated heterocycles. The Morgan fingerprint density at radius 3 is 2.75 bits per heavy atom. The first-order valence-corrected chi connectivity index (χ1v) is 7.26. The van der Waals surface area contributed by atoms with Crippen molar-refractivity contribution in [2.24, 2.45) is 5.73 Å². The minimum atomic E-state index is 0.458. The van der Waals surface area contributed by atoms with Gasteiger partial charge >= 0.3 is 0 Å². The minimum absolute atomic E-state index is 0.458. The normalized spacial score (nSPS) is 14.1. The fourth-order valence-electron chi connectivity index (χ4n) is 2.38. The summed E-state index contributed by atoms with van der Waals surface area (Å²) in [6, 6.07) is 2.16. The van der Waals surface area contributed by atoms with Crippen LogP contribution in [0.1, 0.15) is 29.7 Å². The molecule has 1 aliphatic carbocycles. The van der Waals surface area contributed by atoms with Crippen molar-refractivity contribution >= 4 is 0 Å². The summed E-state index contributed by atoms with van der Waals surface area (Å²) in [6.45, 7) is 2.67. The van der Waals surface area contributed by atoms with Crippen LogP contribution in [0.2, 0.25) is 0 Å². The van der Waals surface area contributed by atoms with Crippen LogP contribution < -0.4 is 10.5 Å². The van der Waals surface area contributed by atoms with E-state index in [1.807, 2.05) is 0 Å². The van der Waals surface area contributed by atoms with Gasteiger partial charge in [-0.05, 0) is 37.3 Å². The summed E-state index contributed by atoms with van der Waals surface area (Å²) in [7, 11) is 1.66. The Labute approximate surface area is 120 Å². The Bertz CT molecular complexity index is 424. The first-order chi connectivity index (χ1) is 9.85. The lowest BCUT2D eigenvalue weighted by Crippen LogP contribution is -2.15. The molecule has 0 atom stereocenters. The number of fused-ring (bicyclic) bond motifs is 1. The molecule has 0 fully saturated rings. The number of aromatic nitrogens is 1. The molecule has 1 heterocycles. The SMILES string of the molecule is COCCOCCOc1nc2c(cc1CN)CCCC2. The van der Waals surface area contributed by atoms with E-state index in [1.54, 1.807) is 7.11 Å². The molecular formula is C15H24N2O3. The zero-order chi connectivity index (χ0) is 14.2. The molecule has 0 amide bonds. The fourth-order valence-corrected chi connectivity index (χ4v) is 2.38. The summed E-state index contributed by atoms with van der Waals surface area (Å²) in [6.07, 6.45) is 4.60. The molecule has 0 aromatic carbocycles. The smallest absolute Gasteiger partial charge is 0.218 e. The first-order valence-electron chi connectivity index (χ1n) is 7.26. The number of hydrogen-bond donors (Lipinski definition) is 1. The predicted molar refractivity (Wildman–Crippen MR) is 77.0 cm³/mol. The Hall–Kier alpha value is -1.17. The van der Waals surface area contributed by atoms with Crippen LogP contribution in [0.25, 0.3) is 0 Å². The number of hydrogen-bond acceptors (Lipinski definition) is 5. The lowest BCUT2D eigenvalue weighted by molar-refractivity contribution is 0.0534. The zero-order valence-electron chi connectivity index (χ0n) is 12.2. The molecule has 5 heteroatoms. The van der Waals surface area contributed by atoms with Gasteiger partial charge in [0.15, 0.2) is 0 Å². The number of pyridine rings is 1. The molecule has 0 bridgehead atoms. The van der Waals surface area contributed by atoms with Crippen molar-refractivity contribution in [1.82, 2.24) is 4.98 Å². The number of nitrogens with zero attached hydrogens (tertiary/aromatic N) is 1. The van der Waals surface area contributed by atoms with Crippen molar-refractivity contribution < 1.29 is 14.2 Å². The number of rotatable bonds is 8. The van der Waals surface area contributed by atoms with Crippen LogP contribution >= 0.6 is 0 Å². The molecule has 0 unspecified atom stereocenters. The standard InChI is InChI=1S/C15H24N2O3/c1-18-6-7-19-8-9-20-15-13(11-16)10-12-4-2-3-5-14(12)17-15/h10H,2-9,11,16H2,1H3. The summed E-state index contributed by atoms with van der Waals surface area (Å²) in [5.41, 5.74) is 9.28. The number of methoxy groups -OCH3 is 1. The Morgan fingerprint density at radius 2 is 1.95 bits per heavy atom. The second kappa shape index (κ2) is 8.19. The molecule has 2 N–H and O–H groups in total. The van der Waals surface area contributed by atoms with Crippen LogP contribution in [0.5, 0.6) is 5.88 Å². The van der Waals surface area contributed by atoms with E-state index in [0.29, 0.717) is 38.9 Å². The van der Waals surface area contributed by atoms with Crippen molar-refractivity contribution in [1.29, 1.82) is 0 Å². The lowest BCUT2D eigenvalue weighted by Gasteiger charge is -2.18. The highest BCUT2D eigenvalue weighted by atomic mass is 16.5. The van der Waals surface area contributed by atoms with Crippen molar-refractivity contribution in [2.75, 3.05) is 33.5 Å². The summed E-state index contributed by atoms with van der Waals surface area (Å²) in [4.78, 5) is 4.64. The summed E-state index contributed by atoms with van der Waals surface area (Å²) >= 11 is 0. The van der Waals surface area contributed by atoms with Crippen LogP contribution in [-0.4, -0.2) is 38.5 Å². The monoisotopic (exact) mass is 280 g/mol. The number of ether oxygens (including phenoxy) is 3. The zero-order valence-corrected chi connectivity index (χ0v) is 12.2. The average molecular weight is 280 g/mol. The van der Waals surface area contributed by atoms with E-state index >= 15 is 0 Å². The van der Waals surface area contributed by atoms with Gasteiger partial charge < -0.3 is 19.9 Å². The fraction of sp³-hybridized carbons (Fsp3) is 0.667.